The number of nitrogens with one attached hydrogen (secondary N) is 4. The van der Waals surface area contributed by atoms with E-state index in [-0.39, 0.29) is 61.1 Å². The van der Waals surface area contributed by atoms with Crippen molar-refractivity contribution in [3.05, 3.63) is 253 Å². The lowest BCUT2D eigenvalue weighted by Gasteiger charge is -2.39. The van der Waals surface area contributed by atoms with Crippen LogP contribution in [-0.2, 0) is 67.5 Å². The van der Waals surface area contributed by atoms with E-state index in [4.69, 9.17) is 14.2 Å². The van der Waals surface area contributed by atoms with E-state index >= 15 is 0 Å². The molecule has 6 aliphatic rings. The molecule has 6 aliphatic heterocycles. The molecule has 1 atom stereocenters. The van der Waals surface area contributed by atoms with Crippen LogP contribution >= 0.6 is 0 Å². The number of allylic oxidation sites excluding steroid dienone is 2. The number of hydrogen-bond acceptors (Lipinski definition) is 24. The van der Waals surface area contributed by atoms with Gasteiger partial charge in [-0.05, 0) is 167 Å². The molecule has 1 amide bonds. The van der Waals surface area contributed by atoms with Gasteiger partial charge in [0.05, 0.1) is 55.8 Å². The number of carbonyl (C=O) groups is 6. The van der Waals surface area contributed by atoms with Crippen LogP contribution in [0.3, 0.4) is 0 Å². The summed E-state index contributed by atoms with van der Waals surface area (Å²) in [5.41, 5.74) is 15.7. The van der Waals surface area contributed by atoms with Gasteiger partial charge in [0.1, 0.15) is 70.5 Å². The molecule has 0 radical (unpaired) electrons. The topological polar surface area (TPSA) is 325 Å². The molecule has 1 unspecified atom stereocenters. The van der Waals surface area contributed by atoms with E-state index in [9.17, 15) is 28.8 Å². The Morgan fingerprint density at radius 2 is 0.726 bits per heavy atom. The maximum atomic E-state index is 13.1. The summed E-state index contributed by atoms with van der Waals surface area (Å²) < 4.78 is 16.5. The third kappa shape index (κ3) is 21.8. The SMILES string of the molecule is C.C=CC(=O)CC1CCN(Cc2ccnc(C(=O)Cc3ccc(-c4cc5c(N6CCOCC6)ncnc5[nH]4)cc3)c2)CC1.C=CC(=O)CC1CN(Cc2ccnc(C(=O)Cc3ccc(-c4cc5c(N6CCOCC6)ncnc5[nH]4)cc3)c2)C1.C=CC(=O)NC1CCN(Cc2ccnc(C(=O)Cc3ccc(-c4cc5c(N6CCOCC6)ncnc5[nH]4)cc3)c2)C1. The molecule has 3 aromatic carbocycles. The molecule has 28 heteroatoms. The Hall–Kier alpha value is -12.8. The second-order valence-corrected chi connectivity index (χ2v) is 32.2. The fraction of sp³-hybridized carbons (Fsp3) is 0.344. The fourth-order valence-electron chi connectivity index (χ4n) is 16.9. The standard InChI is InChI=1S/C33H36N6O3.C31H33N7O3.C31H32N6O3.CH4/c1-2-27(40)17-24-8-11-38(12-9-24)21-25-7-10-34-30(18-25)31(41)19-23-3-5-26(6-4-23)29-20-28-32(37-29)35-22-36-33(28)39-13-15-42-16-14-39;1-2-29(40)35-24-8-10-37(19-24)18-22-7-9-32-27(15-22)28(39)16-21-3-5-23(6-4-21)26-17-25-30(36-26)33-20-34-31(25)38-11-13-41-14-12-38;1-2-25(38)13-23-18-36(19-23)17-22-7-8-32-28(14-22)29(39)15-21-3-5-24(6-4-21)27-16-26-30(35-27)33-20-34-31(26)37-9-11-40-12-10-37;/h2-7,10,18,20,22,24H,1,8-9,11-17,19,21H2,(H,35,36,37);2-7,9,15,17,20,24H,1,8,10-14,16,18-19H2,(H,35,40)(H,33,34,36);2-8,14,16,20,23H,1,9-13,15,17-19H2,(H,33,34,35);1H4. The first kappa shape index (κ1) is 86.1. The van der Waals surface area contributed by atoms with E-state index in [0.717, 1.165) is 229 Å². The minimum absolute atomic E-state index is 0. The van der Waals surface area contributed by atoms with Crippen molar-refractivity contribution >= 4 is 85.4 Å². The second kappa shape index (κ2) is 40.9. The van der Waals surface area contributed by atoms with Crippen molar-refractivity contribution in [2.24, 2.45) is 11.8 Å². The number of amides is 1. The van der Waals surface area contributed by atoms with Gasteiger partial charge in [-0.1, -0.05) is 100.0 Å². The number of carbonyl (C=O) groups excluding carboxylic acids is 6. The highest BCUT2D eigenvalue weighted by Crippen LogP contribution is 2.35. The van der Waals surface area contributed by atoms with Gasteiger partial charge in [-0.15, -0.1) is 0 Å². The van der Waals surface area contributed by atoms with Crippen LogP contribution in [0.2, 0.25) is 0 Å². The zero-order valence-corrected chi connectivity index (χ0v) is 69.1. The molecular weight excluding hydrogens is 1560 g/mol. The lowest BCUT2D eigenvalue weighted by atomic mass is 9.91. The minimum atomic E-state index is -0.143. The van der Waals surface area contributed by atoms with Crippen molar-refractivity contribution in [3.63, 3.8) is 0 Å². The number of morpholine rings is 3. The lowest BCUT2D eigenvalue weighted by Crippen LogP contribution is -2.46. The Balaban J connectivity index is 0.000000143. The molecule has 6 saturated heterocycles. The van der Waals surface area contributed by atoms with Crippen LogP contribution in [0.25, 0.3) is 66.9 Å². The Bertz CT molecular complexity index is 5780. The van der Waals surface area contributed by atoms with Crippen LogP contribution in [0, 0.1) is 11.8 Å². The number of anilines is 3. The van der Waals surface area contributed by atoms with Crippen LogP contribution in [0.5, 0.6) is 0 Å². The largest absolute Gasteiger partial charge is 0.378 e. The van der Waals surface area contributed by atoms with Crippen molar-refractivity contribution in [2.75, 3.05) is 133 Å². The predicted octanol–water partition coefficient (Wildman–Crippen LogP) is 12.3. The number of aromatic nitrogens is 12. The molecule has 0 bridgehead atoms. The smallest absolute Gasteiger partial charge is 0.243 e. The van der Waals surface area contributed by atoms with E-state index in [1.165, 1.54) is 18.2 Å². The van der Waals surface area contributed by atoms with Crippen LogP contribution in [-0.4, -0.2) is 234 Å². The molecule has 9 aromatic heterocycles. The molecule has 15 heterocycles. The van der Waals surface area contributed by atoms with E-state index in [0.29, 0.717) is 94.4 Å². The number of nitrogens with zero attached hydrogens (tertiary/aromatic N) is 15. The Labute approximate surface area is 720 Å². The first-order valence-corrected chi connectivity index (χ1v) is 42.3. The van der Waals surface area contributed by atoms with Crippen LogP contribution < -0.4 is 20.0 Å². The maximum Gasteiger partial charge on any atom is 0.243 e. The number of piperidine rings is 1. The Morgan fingerprint density at radius 1 is 0.379 bits per heavy atom. The van der Waals surface area contributed by atoms with E-state index in [1.807, 2.05) is 109 Å². The minimum Gasteiger partial charge on any atom is -0.378 e. The number of pyridine rings is 3. The molecule has 4 N–H and O–H groups in total. The number of ether oxygens (including phenoxy) is 3. The predicted molar refractivity (Wildman–Crippen MR) is 479 cm³/mol. The molecule has 28 nitrogen and oxygen atoms in total. The number of hydrogen-bond donors (Lipinski definition) is 4. The summed E-state index contributed by atoms with van der Waals surface area (Å²) >= 11 is 0. The molecule has 124 heavy (non-hydrogen) atoms. The Kier molecular flexibility index (Phi) is 28.4. The molecule has 6 fully saturated rings. The Morgan fingerprint density at radius 3 is 1.09 bits per heavy atom. The first-order valence-electron chi connectivity index (χ1n) is 42.3. The number of benzene rings is 3. The highest BCUT2D eigenvalue weighted by Gasteiger charge is 2.30. The highest BCUT2D eigenvalue weighted by molar-refractivity contribution is 5.99. The summed E-state index contributed by atoms with van der Waals surface area (Å²) in [4.78, 5) is 138. The summed E-state index contributed by atoms with van der Waals surface area (Å²) in [6.45, 7) is 27.2. The fourth-order valence-corrected chi connectivity index (χ4v) is 16.9. The first-order chi connectivity index (χ1) is 60.2. The summed E-state index contributed by atoms with van der Waals surface area (Å²) in [6.07, 6.45) is 19.0. The quantitative estimate of drug-likeness (QED) is 0.0250. The third-order valence-electron chi connectivity index (χ3n) is 23.6. The zero-order chi connectivity index (χ0) is 84.5. The van der Waals surface area contributed by atoms with Gasteiger partial charge in [-0.3, -0.25) is 58.4 Å². The van der Waals surface area contributed by atoms with Gasteiger partial charge in [0.25, 0.3) is 0 Å². The summed E-state index contributed by atoms with van der Waals surface area (Å²) in [6, 6.07) is 42.0. The molecule has 18 rings (SSSR count). The summed E-state index contributed by atoms with van der Waals surface area (Å²) in [5.74, 6) is 3.65. The van der Waals surface area contributed by atoms with Gasteiger partial charge in [0, 0.05) is 159 Å². The number of H-pyrrole nitrogens is 3. The molecule has 638 valence electrons. The van der Waals surface area contributed by atoms with Crippen LogP contribution in [0.1, 0.15) is 104 Å². The molecule has 0 saturated carbocycles. The summed E-state index contributed by atoms with van der Waals surface area (Å²) in [7, 11) is 0. The number of rotatable bonds is 29. The van der Waals surface area contributed by atoms with Crippen molar-refractivity contribution in [1.29, 1.82) is 0 Å². The average molecular weight is 1670 g/mol. The van der Waals surface area contributed by atoms with Gasteiger partial charge in [-0.25, -0.2) is 29.9 Å². The van der Waals surface area contributed by atoms with Gasteiger partial charge >= 0.3 is 0 Å². The number of likely N-dealkylation sites (tertiary alicyclic amines) is 3. The van der Waals surface area contributed by atoms with Gasteiger partial charge in [-0.2, -0.15) is 0 Å². The van der Waals surface area contributed by atoms with E-state index < -0.39 is 0 Å². The molecule has 0 spiro atoms. The van der Waals surface area contributed by atoms with Crippen molar-refractivity contribution < 1.29 is 43.0 Å². The monoisotopic (exact) mass is 1670 g/mol. The zero-order valence-electron chi connectivity index (χ0n) is 69.1. The van der Waals surface area contributed by atoms with Crippen LogP contribution in [0.15, 0.2) is 203 Å². The van der Waals surface area contributed by atoms with Crippen molar-refractivity contribution in [2.45, 2.75) is 84.5 Å². The molecule has 12 aromatic rings. The maximum absolute atomic E-state index is 13.1. The van der Waals surface area contributed by atoms with Gasteiger partial charge < -0.3 is 49.2 Å². The molecular formula is C96H105N19O9. The highest BCUT2D eigenvalue weighted by atomic mass is 16.5. The van der Waals surface area contributed by atoms with E-state index in [2.05, 4.69) is 132 Å². The average Bonchev–Trinajstić information content (AvgIpc) is 1.65. The van der Waals surface area contributed by atoms with Gasteiger partial charge in [0.2, 0.25) is 5.91 Å². The second-order valence-electron chi connectivity index (χ2n) is 32.2. The number of fused-ring (bicyclic) bond motifs is 3. The number of Topliss-reactive ketones (excluding diaryl/α,β-unsaturated/α-hetero) is 3. The van der Waals surface area contributed by atoms with Crippen molar-refractivity contribution in [3.8, 4) is 33.8 Å². The van der Waals surface area contributed by atoms with Crippen molar-refractivity contribution in [1.82, 2.24) is 79.8 Å². The lowest BCUT2D eigenvalue weighted by molar-refractivity contribution is -0.117. The summed E-state index contributed by atoms with van der Waals surface area (Å²) in [5, 5.41) is 5.93. The number of aromatic amines is 3. The van der Waals surface area contributed by atoms with Gasteiger partial charge in [0.15, 0.2) is 28.9 Å². The molecule has 0 aliphatic carbocycles. The van der Waals surface area contributed by atoms with E-state index in [1.54, 1.807) is 37.6 Å². The number of ketones is 5. The normalized spacial score (nSPS) is 16.6. The third-order valence-corrected chi connectivity index (χ3v) is 23.6. The van der Waals surface area contributed by atoms with Crippen LogP contribution in [0.4, 0.5) is 17.5 Å².